The second kappa shape index (κ2) is 5.53. The van der Waals surface area contributed by atoms with E-state index < -0.39 is 5.41 Å². The lowest BCUT2D eigenvalue weighted by molar-refractivity contribution is -0.120. The van der Waals surface area contributed by atoms with Crippen LogP contribution >= 0.6 is 15.9 Å². The zero-order valence-corrected chi connectivity index (χ0v) is 12.4. The normalized spacial score (nSPS) is 11.1. The average Bonchev–Trinajstić information content (AvgIpc) is 2.39. The number of hydrogen-bond acceptors (Lipinski definition) is 2. The van der Waals surface area contributed by atoms with E-state index in [4.69, 9.17) is 0 Å². The summed E-state index contributed by atoms with van der Waals surface area (Å²) in [7, 11) is 0. The minimum atomic E-state index is -0.594. The van der Waals surface area contributed by atoms with Crippen molar-refractivity contribution in [3.63, 3.8) is 0 Å². The summed E-state index contributed by atoms with van der Waals surface area (Å²) in [6.45, 7) is 3.81. The summed E-state index contributed by atoms with van der Waals surface area (Å²) in [6, 6.07) is 11.6. The smallest absolute Gasteiger partial charge is 0.234 e. The van der Waals surface area contributed by atoms with Crippen molar-refractivity contribution >= 4 is 27.5 Å². The van der Waals surface area contributed by atoms with E-state index in [0.717, 1.165) is 10.0 Å². The van der Waals surface area contributed by atoms with Gasteiger partial charge in [-0.2, -0.15) is 0 Å². The monoisotopic (exact) mass is 318 g/mol. The van der Waals surface area contributed by atoms with Crippen molar-refractivity contribution in [1.29, 1.82) is 0 Å². The third-order valence-corrected chi connectivity index (χ3v) is 3.46. The predicted molar refractivity (Wildman–Crippen MR) is 80.0 cm³/mol. The van der Waals surface area contributed by atoms with Crippen LogP contribution in [0.5, 0.6) is 0 Å². The standard InChI is InChI=1S/C15H15BrN2O/c1-15(2,11-6-4-3-5-7-11)14(19)18-13-8-12(16)9-17-10-13/h3-10H,1-2H3,(H,18,19). The van der Waals surface area contributed by atoms with Crippen molar-refractivity contribution in [3.8, 4) is 0 Å². The number of benzene rings is 1. The van der Waals surface area contributed by atoms with Crippen molar-refractivity contribution in [2.45, 2.75) is 19.3 Å². The molecule has 0 unspecified atom stereocenters. The van der Waals surface area contributed by atoms with E-state index in [1.807, 2.05) is 50.2 Å². The zero-order valence-electron chi connectivity index (χ0n) is 10.9. The molecule has 3 nitrogen and oxygen atoms in total. The van der Waals surface area contributed by atoms with Crippen molar-refractivity contribution in [1.82, 2.24) is 4.98 Å². The number of aromatic nitrogens is 1. The van der Waals surface area contributed by atoms with Gasteiger partial charge >= 0.3 is 0 Å². The first kappa shape index (κ1) is 13.7. The van der Waals surface area contributed by atoms with Crippen LogP contribution in [0.1, 0.15) is 19.4 Å². The summed E-state index contributed by atoms with van der Waals surface area (Å²) in [6.07, 6.45) is 3.31. The zero-order chi connectivity index (χ0) is 13.9. The molecule has 0 radical (unpaired) electrons. The molecule has 0 spiro atoms. The molecule has 4 heteroatoms. The van der Waals surface area contributed by atoms with Crippen LogP contribution in [0.25, 0.3) is 0 Å². The van der Waals surface area contributed by atoms with Gasteiger partial charge < -0.3 is 5.32 Å². The van der Waals surface area contributed by atoms with Gasteiger partial charge in [-0.1, -0.05) is 30.3 Å². The molecule has 0 saturated heterocycles. The molecule has 2 aromatic rings. The molecule has 1 N–H and O–H groups in total. The molecule has 0 saturated carbocycles. The Bertz CT molecular complexity index is 582. The van der Waals surface area contributed by atoms with Crippen LogP contribution in [0.15, 0.2) is 53.3 Å². The number of carbonyl (C=O) groups is 1. The topological polar surface area (TPSA) is 42.0 Å². The summed E-state index contributed by atoms with van der Waals surface area (Å²) in [5.41, 5.74) is 1.07. The molecule has 0 fully saturated rings. The van der Waals surface area contributed by atoms with Gasteiger partial charge in [0.2, 0.25) is 5.91 Å². The van der Waals surface area contributed by atoms with Gasteiger partial charge in [-0.05, 0) is 41.4 Å². The summed E-state index contributed by atoms with van der Waals surface area (Å²) < 4.78 is 0.836. The third kappa shape index (κ3) is 3.20. The fourth-order valence-electron chi connectivity index (χ4n) is 1.75. The van der Waals surface area contributed by atoms with Crippen LogP contribution in [0, 0.1) is 0 Å². The molecule has 0 atom stereocenters. The van der Waals surface area contributed by atoms with E-state index in [-0.39, 0.29) is 5.91 Å². The van der Waals surface area contributed by atoms with E-state index in [1.54, 1.807) is 12.4 Å². The van der Waals surface area contributed by atoms with E-state index >= 15 is 0 Å². The second-order valence-electron chi connectivity index (χ2n) is 4.84. The molecule has 1 heterocycles. The minimum absolute atomic E-state index is 0.0569. The van der Waals surface area contributed by atoms with Crippen LogP contribution in [0.4, 0.5) is 5.69 Å². The molecule has 0 aliphatic heterocycles. The Balaban J connectivity index is 2.20. The SMILES string of the molecule is CC(C)(C(=O)Nc1cncc(Br)c1)c1ccccc1. The first-order valence-corrected chi connectivity index (χ1v) is 6.77. The van der Waals surface area contributed by atoms with Gasteiger partial charge in [0.1, 0.15) is 0 Å². The molecular formula is C15H15BrN2O. The molecule has 0 aliphatic rings. The van der Waals surface area contributed by atoms with Crippen molar-refractivity contribution in [2.24, 2.45) is 0 Å². The summed E-state index contributed by atoms with van der Waals surface area (Å²) in [5, 5.41) is 2.89. The maximum Gasteiger partial charge on any atom is 0.234 e. The van der Waals surface area contributed by atoms with Crippen LogP contribution < -0.4 is 5.32 Å². The molecule has 0 aliphatic carbocycles. The van der Waals surface area contributed by atoms with Crippen LogP contribution in [0.3, 0.4) is 0 Å². The first-order valence-electron chi connectivity index (χ1n) is 5.97. The Labute approximate surface area is 121 Å². The fourth-order valence-corrected chi connectivity index (χ4v) is 2.12. The van der Waals surface area contributed by atoms with Crippen LogP contribution in [-0.2, 0) is 10.2 Å². The van der Waals surface area contributed by atoms with Crippen molar-refractivity contribution in [2.75, 3.05) is 5.32 Å². The van der Waals surface area contributed by atoms with Gasteiger partial charge in [-0.25, -0.2) is 0 Å². The van der Waals surface area contributed by atoms with Gasteiger partial charge in [0, 0.05) is 10.7 Å². The third-order valence-electron chi connectivity index (χ3n) is 3.03. The van der Waals surface area contributed by atoms with Crippen molar-refractivity contribution in [3.05, 3.63) is 58.8 Å². The molecule has 0 bridgehead atoms. The number of hydrogen-bond donors (Lipinski definition) is 1. The van der Waals surface area contributed by atoms with Gasteiger partial charge in [0.15, 0.2) is 0 Å². The number of anilines is 1. The Kier molecular flexibility index (Phi) is 4.00. The highest BCUT2D eigenvalue weighted by atomic mass is 79.9. The van der Waals surface area contributed by atoms with Gasteiger partial charge in [-0.15, -0.1) is 0 Å². The molecular weight excluding hydrogens is 304 g/mol. The number of amides is 1. The Morgan fingerprint density at radius 1 is 1.21 bits per heavy atom. The van der Waals surface area contributed by atoms with Gasteiger partial charge in [0.05, 0.1) is 17.3 Å². The molecule has 19 heavy (non-hydrogen) atoms. The number of rotatable bonds is 3. The lowest BCUT2D eigenvalue weighted by Crippen LogP contribution is -2.34. The average molecular weight is 319 g/mol. The molecule has 98 valence electrons. The number of pyridine rings is 1. The lowest BCUT2D eigenvalue weighted by Gasteiger charge is -2.24. The van der Waals surface area contributed by atoms with Gasteiger partial charge in [0.25, 0.3) is 0 Å². The highest BCUT2D eigenvalue weighted by Crippen LogP contribution is 2.25. The maximum absolute atomic E-state index is 12.4. The number of nitrogens with zero attached hydrogens (tertiary/aromatic N) is 1. The number of halogens is 1. The van der Waals surface area contributed by atoms with Crippen molar-refractivity contribution < 1.29 is 4.79 Å². The summed E-state index contributed by atoms with van der Waals surface area (Å²) >= 11 is 3.33. The Morgan fingerprint density at radius 3 is 2.53 bits per heavy atom. The summed E-state index contributed by atoms with van der Waals surface area (Å²) in [5.74, 6) is -0.0569. The predicted octanol–water partition coefficient (Wildman–Crippen LogP) is 3.76. The largest absolute Gasteiger partial charge is 0.324 e. The molecule has 1 aromatic heterocycles. The lowest BCUT2D eigenvalue weighted by atomic mass is 9.84. The maximum atomic E-state index is 12.4. The van der Waals surface area contributed by atoms with Crippen LogP contribution in [0.2, 0.25) is 0 Å². The Morgan fingerprint density at radius 2 is 1.89 bits per heavy atom. The van der Waals surface area contributed by atoms with Crippen LogP contribution in [-0.4, -0.2) is 10.9 Å². The second-order valence-corrected chi connectivity index (χ2v) is 5.75. The van der Waals surface area contributed by atoms with E-state index in [9.17, 15) is 4.79 Å². The highest BCUT2D eigenvalue weighted by molar-refractivity contribution is 9.10. The number of carbonyl (C=O) groups excluding carboxylic acids is 1. The molecule has 1 amide bonds. The first-order chi connectivity index (χ1) is 9.00. The quantitative estimate of drug-likeness (QED) is 0.936. The highest BCUT2D eigenvalue weighted by Gasteiger charge is 2.29. The van der Waals surface area contributed by atoms with E-state index in [1.165, 1.54) is 0 Å². The molecule has 2 rings (SSSR count). The Hall–Kier alpha value is -1.68. The van der Waals surface area contributed by atoms with E-state index in [0.29, 0.717) is 5.69 Å². The fraction of sp³-hybridized carbons (Fsp3) is 0.200. The number of nitrogens with one attached hydrogen (secondary N) is 1. The molecule has 1 aromatic carbocycles. The van der Waals surface area contributed by atoms with E-state index in [2.05, 4.69) is 26.2 Å². The minimum Gasteiger partial charge on any atom is -0.324 e. The van der Waals surface area contributed by atoms with Gasteiger partial charge in [-0.3, -0.25) is 9.78 Å². The summed E-state index contributed by atoms with van der Waals surface area (Å²) in [4.78, 5) is 16.4.